The molecular formula is C60H54Br2N2O. The Morgan fingerprint density at radius 2 is 0.954 bits per heavy atom. The second kappa shape index (κ2) is 19.8. The average Bonchev–Trinajstić information content (AvgIpc) is 3.82. The minimum absolute atomic E-state index is 0.466. The van der Waals surface area contributed by atoms with Crippen molar-refractivity contribution in [1.29, 1.82) is 0 Å². The predicted molar refractivity (Wildman–Crippen MR) is 280 cm³/mol. The molecule has 1 aliphatic rings. The Kier molecular flexibility index (Phi) is 13.2. The summed E-state index contributed by atoms with van der Waals surface area (Å²) < 4.78 is 10.9. The molecule has 10 rings (SSSR count). The Morgan fingerprint density at radius 3 is 1.58 bits per heavy atom. The Balaban J connectivity index is 0.734. The lowest BCUT2D eigenvalue weighted by Gasteiger charge is -2.34. The quantitative estimate of drug-likeness (QED) is 0.0797. The fraction of sp³-hybridized carbons (Fsp3) is 0.200. The number of hydrogen-bond donors (Lipinski definition) is 0. The van der Waals surface area contributed by atoms with Crippen molar-refractivity contribution in [3.63, 3.8) is 0 Å². The number of unbranched alkanes of at least 4 members (excludes halogenated alkanes) is 7. The van der Waals surface area contributed by atoms with E-state index in [0.29, 0.717) is 6.61 Å². The summed E-state index contributed by atoms with van der Waals surface area (Å²) in [6, 6.07) is 70.9. The molecule has 9 aromatic rings. The molecule has 5 heteroatoms. The number of ether oxygens (including phenoxy) is 1. The van der Waals surface area contributed by atoms with E-state index in [-0.39, 0.29) is 0 Å². The molecule has 0 unspecified atom stereocenters. The van der Waals surface area contributed by atoms with Gasteiger partial charge in [0.1, 0.15) is 0 Å². The van der Waals surface area contributed by atoms with Crippen molar-refractivity contribution in [1.82, 2.24) is 4.57 Å². The maximum atomic E-state index is 6.12. The van der Waals surface area contributed by atoms with Crippen LogP contribution in [0.1, 0.15) is 79.2 Å². The van der Waals surface area contributed by atoms with Crippen LogP contribution in [0.5, 0.6) is 0 Å². The van der Waals surface area contributed by atoms with E-state index >= 15 is 0 Å². The first-order chi connectivity index (χ1) is 32.1. The summed E-state index contributed by atoms with van der Waals surface area (Å²) in [4.78, 5) is 2.29. The first-order valence-electron chi connectivity index (χ1n) is 23.3. The third-order valence-corrected chi connectivity index (χ3v) is 14.4. The maximum absolute atomic E-state index is 6.12. The van der Waals surface area contributed by atoms with Crippen molar-refractivity contribution in [2.45, 2.75) is 69.9 Å². The first kappa shape index (κ1) is 43.2. The van der Waals surface area contributed by atoms with Crippen molar-refractivity contribution in [2.24, 2.45) is 0 Å². The van der Waals surface area contributed by atoms with Crippen LogP contribution in [-0.2, 0) is 23.3 Å². The summed E-state index contributed by atoms with van der Waals surface area (Å²) in [5.74, 6) is 0. The third-order valence-electron chi connectivity index (χ3n) is 13.4. The molecule has 0 fully saturated rings. The molecule has 0 bridgehead atoms. The molecule has 0 aliphatic heterocycles. The van der Waals surface area contributed by atoms with Crippen molar-refractivity contribution in [2.75, 3.05) is 11.5 Å². The number of fused-ring (bicyclic) bond motifs is 6. The fourth-order valence-corrected chi connectivity index (χ4v) is 11.1. The van der Waals surface area contributed by atoms with E-state index in [9.17, 15) is 0 Å². The Labute approximate surface area is 401 Å². The number of rotatable bonds is 18. The summed E-state index contributed by atoms with van der Waals surface area (Å²) in [6.07, 6.45) is 9.91. The van der Waals surface area contributed by atoms with Crippen LogP contribution in [0.25, 0.3) is 32.9 Å². The van der Waals surface area contributed by atoms with E-state index in [2.05, 4.69) is 235 Å². The number of aryl methyl sites for hydroxylation is 1. The molecule has 3 nitrogen and oxygen atoms in total. The minimum atomic E-state index is -0.466. The zero-order valence-electron chi connectivity index (χ0n) is 36.8. The van der Waals surface area contributed by atoms with E-state index in [1.54, 1.807) is 0 Å². The van der Waals surface area contributed by atoms with E-state index in [0.717, 1.165) is 45.6 Å². The van der Waals surface area contributed by atoms with Gasteiger partial charge in [-0.25, -0.2) is 0 Å². The summed E-state index contributed by atoms with van der Waals surface area (Å²) in [7, 11) is 0. The first-order valence-corrected chi connectivity index (χ1v) is 24.9. The number of halogens is 2. The number of para-hydroxylation sites is 3. The zero-order chi connectivity index (χ0) is 44.0. The van der Waals surface area contributed by atoms with Gasteiger partial charge in [-0.1, -0.05) is 186 Å². The van der Waals surface area contributed by atoms with Crippen molar-refractivity contribution in [3.05, 3.63) is 231 Å². The molecule has 0 N–H and O–H groups in total. The van der Waals surface area contributed by atoms with Crippen LogP contribution >= 0.6 is 31.9 Å². The lowest BCUT2D eigenvalue weighted by Crippen LogP contribution is -2.28. The Hall–Kier alpha value is -5.72. The molecule has 8 aromatic carbocycles. The monoisotopic (exact) mass is 976 g/mol. The molecule has 0 atom stereocenters. The highest BCUT2D eigenvalue weighted by molar-refractivity contribution is 9.10. The van der Waals surface area contributed by atoms with Crippen LogP contribution in [0.15, 0.2) is 203 Å². The molecule has 65 heavy (non-hydrogen) atoms. The number of aromatic nitrogens is 1. The smallest absolute Gasteiger partial charge is 0.0716 e. The fourth-order valence-electron chi connectivity index (χ4n) is 10.3. The number of nitrogens with zero attached hydrogens (tertiary/aromatic N) is 2. The van der Waals surface area contributed by atoms with Gasteiger partial charge >= 0.3 is 0 Å². The second-order valence-electron chi connectivity index (χ2n) is 17.5. The van der Waals surface area contributed by atoms with Crippen LogP contribution in [0, 0.1) is 0 Å². The number of benzene rings is 8. The Morgan fingerprint density at radius 1 is 0.431 bits per heavy atom. The highest BCUT2D eigenvalue weighted by Gasteiger charge is 2.46. The van der Waals surface area contributed by atoms with Gasteiger partial charge in [-0.3, -0.25) is 0 Å². The minimum Gasteiger partial charge on any atom is -0.377 e. The largest absolute Gasteiger partial charge is 0.377 e. The lowest BCUT2D eigenvalue weighted by atomic mass is 9.67. The summed E-state index contributed by atoms with van der Waals surface area (Å²) >= 11 is 7.72. The molecule has 1 heterocycles. The van der Waals surface area contributed by atoms with Crippen molar-refractivity contribution < 1.29 is 4.74 Å². The van der Waals surface area contributed by atoms with Gasteiger partial charge in [0.25, 0.3) is 0 Å². The highest BCUT2D eigenvalue weighted by Crippen LogP contribution is 2.57. The molecule has 0 saturated carbocycles. The van der Waals surface area contributed by atoms with E-state index in [1.165, 1.54) is 106 Å². The van der Waals surface area contributed by atoms with Gasteiger partial charge in [-0.2, -0.15) is 0 Å². The maximum Gasteiger partial charge on any atom is 0.0716 e. The predicted octanol–water partition coefficient (Wildman–Crippen LogP) is 17.5. The molecule has 0 amide bonds. The number of anilines is 3. The average molecular weight is 979 g/mol. The van der Waals surface area contributed by atoms with E-state index < -0.39 is 5.41 Å². The van der Waals surface area contributed by atoms with Gasteiger partial charge in [0, 0.05) is 61.0 Å². The van der Waals surface area contributed by atoms with Crippen molar-refractivity contribution in [3.8, 4) is 11.1 Å². The summed E-state index contributed by atoms with van der Waals surface area (Å²) in [5, 5.41) is 2.65. The van der Waals surface area contributed by atoms with Crippen molar-refractivity contribution >= 4 is 70.7 Å². The summed E-state index contributed by atoms with van der Waals surface area (Å²) in [6.45, 7) is 2.49. The second-order valence-corrected chi connectivity index (χ2v) is 19.3. The third kappa shape index (κ3) is 8.75. The molecule has 324 valence electrons. The van der Waals surface area contributed by atoms with Gasteiger partial charge in [0.15, 0.2) is 0 Å². The number of hydrogen-bond acceptors (Lipinski definition) is 2. The van der Waals surface area contributed by atoms with Crippen LogP contribution in [0.4, 0.5) is 17.1 Å². The zero-order valence-corrected chi connectivity index (χ0v) is 40.0. The molecular weight excluding hydrogens is 924 g/mol. The van der Waals surface area contributed by atoms with Gasteiger partial charge in [0.05, 0.1) is 12.0 Å². The van der Waals surface area contributed by atoms with Gasteiger partial charge < -0.3 is 14.2 Å². The van der Waals surface area contributed by atoms with Crippen LogP contribution in [-0.4, -0.2) is 11.2 Å². The van der Waals surface area contributed by atoms with Crippen LogP contribution < -0.4 is 4.90 Å². The molecule has 0 saturated heterocycles. The van der Waals surface area contributed by atoms with Crippen LogP contribution in [0.3, 0.4) is 0 Å². The molecule has 0 radical (unpaired) electrons. The summed E-state index contributed by atoms with van der Waals surface area (Å²) in [5.41, 5.74) is 14.6. The normalized spacial score (nSPS) is 12.7. The standard InChI is InChI=1S/C60H54Br2N2O/c61-47-31-35-52-53-36-32-48(62)42-57(53)60(56(52)41-47,45-20-10-7-11-21-45)46-30-37-59-55(40-46)54-26-16-17-27-58(54)63(59)38-18-5-3-1-2-4-6-19-39-65-43-44-28-33-51(34-29-44)64(49-22-12-8-13-23-49)50-24-14-9-15-25-50/h7-17,20-37,40-42H,1-6,18-19,38-39,43H2. The SMILES string of the molecule is Brc1ccc2c(c1)C(c1ccccc1)(c1ccc3c(c1)c1ccccc1n3CCCCCCCCCCOCc1ccc(N(c3ccccc3)c3ccccc3)cc1)c1cc(Br)ccc1-2. The highest BCUT2D eigenvalue weighted by atomic mass is 79.9. The molecule has 0 spiro atoms. The topological polar surface area (TPSA) is 17.4 Å². The van der Waals surface area contributed by atoms with E-state index in [1.807, 2.05) is 0 Å². The van der Waals surface area contributed by atoms with Gasteiger partial charge in [-0.15, -0.1) is 0 Å². The molecule has 1 aliphatic carbocycles. The molecule has 1 aromatic heterocycles. The Bertz CT molecular complexity index is 2930. The lowest BCUT2D eigenvalue weighted by molar-refractivity contribution is 0.116. The van der Waals surface area contributed by atoms with Gasteiger partial charge in [-0.05, 0) is 131 Å². The van der Waals surface area contributed by atoms with Gasteiger partial charge in [0.2, 0.25) is 0 Å². The van der Waals surface area contributed by atoms with E-state index in [4.69, 9.17) is 4.74 Å². The van der Waals surface area contributed by atoms with Crippen LogP contribution in [0.2, 0.25) is 0 Å².